The Morgan fingerprint density at radius 1 is 0.605 bits per heavy atom. The smallest absolute Gasteiger partial charge is 0.254 e. The van der Waals surface area contributed by atoms with E-state index in [1.54, 1.807) is 12.1 Å². The topological polar surface area (TPSA) is 130 Å². The van der Waals surface area contributed by atoms with Crippen molar-refractivity contribution in [2.24, 2.45) is 0 Å². The molecule has 0 saturated carbocycles. The Labute approximate surface area is 251 Å². The third kappa shape index (κ3) is 7.91. The number of hydrogen-bond donors (Lipinski definition) is 0. The summed E-state index contributed by atoms with van der Waals surface area (Å²) in [5.41, 5.74) is 0.658. The van der Waals surface area contributed by atoms with Crippen LogP contribution in [0.5, 0.6) is 0 Å². The Kier molecular flexibility index (Phi) is 10.8. The highest BCUT2D eigenvalue weighted by molar-refractivity contribution is 7.91. The molecule has 0 aliphatic carbocycles. The molecule has 0 aliphatic heterocycles. The zero-order valence-corrected chi connectivity index (χ0v) is 25.9. The highest BCUT2D eigenvalue weighted by atomic mass is 32.2. The van der Waals surface area contributed by atoms with Gasteiger partial charge in [0.25, 0.3) is 10.3 Å². The van der Waals surface area contributed by atoms with Crippen LogP contribution in [0.4, 0.5) is 8.78 Å². The van der Waals surface area contributed by atoms with Crippen LogP contribution < -0.4 is 0 Å². The van der Waals surface area contributed by atoms with Gasteiger partial charge in [-0.3, -0.25) is 9.13 Å². The molecule has 4 rings (SSSR count). The molecule has 4 aromatic rings. The number of aromatic nitrogens is 6. The zero-order valence-electron chi connectivity index (χ0n) is 24.3. The van der Waals surface area contributed by atoms with Gasteiger partial charge >= 0.3 is 0 Å². The van der Waals surface area contributed by atoms with Crippen molar-refractivity contribution >= 4 is 19.7 Å². The fourth-order valence-corrected chi connectivity index (χ4v) is 7.68. The first-order valence-corrected chi connectivity index (χ1v) is 17.7. The van der Waals surface area contributed by atoms with E-state index in [0.717, 1.165) is 0 Å². The summed E-state index contributed by atoms with van der Waals surface area (Å²) in [6.07, 6.45) is 4.92. The van der Waals surface area contributed by atoms with Gasteiger partial charge in [-0.15, -0.1) is 20.4 Å². The van der Waals surface area contributed by atoms with Gasteiger partial charge in [-0.25, -0.2) is 25.6 Å². The van der Waals surface area contributed by atoms with Crippen LogP contribution in [-0.4, -0.2) is 57.9 Å². The van der Waals surface area contributed by atoms with Crippen molar-refractivity contribution in [3.05, 3.63) is 71.8 Å². The minimum Gasteiger partial charge on any atom is -0.270 e. The molecule has 0 N–H and O–H groups in total. The molecule has 0 spiro atoms. The first-order chi connectivity index (χ1) is 20.6. The van der Waals surface area contributed by atoms with Gasteiger partial charge in [-0.2, -0.15) is 0 Å². The number of aryl methyl sites for hydroxylation is 2. The number of nitrogens with zero attached hydrogens (tertiary/aromatic N) is 6. The summed E-state index contributed by atoms with van der Waals surface area (Å²) in [6, 6.07) is 11.3. The summed E-state index contributed by atoms with van der Waals surface area (Å²) in [4.78, 5) is 0. The summed E-state index contributed by atoms with van der Waals surface area (Å²) < 4.78 is 83.0. The van der Waals surface area contributed by atoms with Crippen molar-refractivity contribution in [1.82, 2.24) is 29.5 Å². The molecule has 0 bridgehead atoms. The van der Waals surface area contributed by atoms with E-state index in [1.807, 2.05) is 13.8 Å². The lowest BCUT2D eigenvalue weighted by molar-refractivity contribution is 0.577. The minimum atomic E-state index is -3.74. The average Bonchev–Trinajstić information content (AvgIpc) is 3.61. The fraction of sp³-hybridized carbons (Fsp3) is 0.448. The number of rotatable bonds is 16. The Morgan fingerprint density at radius 2 is 1.02 bits per heavy atom. The second-order valence-electron chi connectivity index (χ2n) is 10.3. The quantitative estimate of drug-likeness (QED) is 0.153. The van der Waals surface area contributed by atoms with Crippen LogP contribution in [0.2, 0.25) is 0 Å². The highest BCUT2D eigenvalue weighted by Crippen LogP contribution is 2.23. The summed E-state index contributed by atoms with van der Waals surface area (Å²) in [7, 11) is -7.48. The van der Waals surface area contributed by atoms with E-state index in [0.29, 0.717) is 80.8 Å². The molecule has 0 saturated heterocycles. The molecule has 2 aromatic carbocycles. The predicted octanol–water partition coefficient (Wildman–Crippen LogP) is 5.23. The zero-order chi connectivity index (χ0) is 31.0. The van der Waals surface area contributed by atoms with Crippen LogP contribution in [0.15, 0.2) is 58.8 Å². The van der Waals surface area contributed by atoms with Crippen molar-refractivity contribution in [3.63, 3.8) is 0 Å². The SMILES string of the molecule is CCCCS(=O)(=O)c1nnc(CCCCCc2nnc(S(=O)(=O)CCCC)n2-c2cccc(F)c2)n1-c1cccc(F)c1. The molecule has 0 aliphatic rings. The van der Waals surface area contributed by atoms with E-state index >= 15 is 0 Å². The lowest BCUT2D eigenvalue weighted by Gasteiger charge is -2.12. The van der Waals surface area contributed by atoms with Crippen molar-refractivity contribution in [1.29, 1.82) is 0 Å². The third-order valence-corrected chi connectivity index (χ3v) is 10.2. The third-order valence-electron chi connectivity index (χ3n) is 6.92. The Bertz CT molecular complexity index is 1630. The number of halogens is 2. The molecule has 2 aromatic heterocycles. The number of hydrogen-bond acceptors (Lipinski definition) is 8. The number of benzene rings is 2. The van der Waals surface area contributed by atoms with E-state index in [-0.39, 0.29) is 21.8 Å². The van der Waals surface area contributed by atoms with Crippen LogP contribution in [0, 0.1) is 11.6 Å². The summed E-state index contributed by atoms with van der Waals surface area (Å²) in [5, 5.41) is 15.9. The lowest BCUT2D eigenvalue weighted by Crippen LogP contribution is -2.15. The van der Waals surface area contributed by atoms with E-state index in [2.05, 4.69) is 20.4 Å². The van der Waals surface area contributed by atoms with Crippen molar-refractivity contribution in [2.75, 3.05) is 11.5 Å². The fourth-order valence-electron chi connectivity index (χ4n) is 4.67. The van der Waals surface area contributed by atoms with Gasteiger partial charge in [-0.05, 0) is 62.1 Å². The number of unbranched alkanes of at least 4 members (excludes halogenated alkanes) is 4. The second kappa shape index (κ2) is 14.3. The van der Waals surface area contributed by atoms with Gasteiger partial charge in [0, 0.05) is 12.8 Å². The molecule has 10 nitrogen and oxygen atoms in total. The maximum atomic E-state index is 14.1. The van der Waals surface area contributed by atoms with Crippen LogP contribution in [0.1, 0.15) is 70.4 Å². The monoisotopic (exact) mass is 634 g/mol. The first-order valence-electron chi connectivity index (χ1n) is 14.4. The molecule has 43 heavy (non-hydrogen) atoms. The molecular formula is C29H36F2N6O4S2. The highest BCUT2D eigenvalue weighted by Gasteiger charge is 2.27. The van der Waals surface area contributed by atoms with Crippen molar-refractivity contribution < 1.29 is 25.6 Å². The van der Waals surface area contributed by atoms with E-state index in [9.17, 15) is 25.6 Å². The van der Waals surface area contributed by atoms with Gasteiger partial charge in [0.2, 0.25) is 19.7 Å². The van der Waals surface area contributed by atoms with Gasteiger partial charge in [-0.1, -0.05) is 45.2 Å². The van der Waals surface area contributed by atoms with Crippen molar-refractivity contribution in [3.8, 4) is 11.4 Å². The molecule has 0 amide bonds. The van der Waals surface area contributed by atoms with Gasteiger partial charge < -0.3 is 0 Å². The van der Waals surface area contributed by atoms with Gasteiger partial charge in [0.05, 0.1) is 22.9 Å². The molecule has 0 fully saturated rings. The maximum absolute atomic E-state index is 14.1. The summed E-state index contributed by atoms with van der Waals surface area (Å²) in [5.74, 6) is -0.390. The van der Waals surface area contributed by atoms with Gasteiger partial charge in [0.15, 0.2) is 0 Å². The molecular weight excluding hydrogens is 598 g/mol. The van der Waals surface area contributed by atoms with Crippen LogP contribution in [-0.2, 0) is 32.5 Å². The van der Waals surface area contributed by atoms with Crippen LogP contribution in [0.3, 0.4) is 0 Å². The van der Waals surface area contributed by atoms with Crippen LogP contribution >= 0.6 is 0 Å². The Morgan fingerprint density at radius 3 is 1.40 bits per heavy atom. The lowest BCUT2D eigenvalue weighted by atomic mass is 10.1. The van der Waals surface area contributed by atoms with E-state index in [4.69, 9.17) is 0 Å². The minimum absolute atomic E-state index is 0.0842. The summed E-state index contributed by atoms with van der Waals surface area (Å²) in [6.45, 7) is 3.79. The molecule has 2 heterocycles. The standard InChI is InChI=1S/C29H36F2N6O4S2/c1-3-5-18-42(38,39)28-34-32-26(36(28)24-14-10-12-22(30)20-24)16-8-7-9-17-27-33-35-29(43(40,41)19-6-4-2)37(27)25-15-11-13-23(31)21-25/h10-15,20-21H,3-9,16-19H2,1-2H3. The molecule has 0 radical (unpaired) electrons. The Balaban J connectivity index is 1.51. The maximum Gasteiger partial charge on any atom is 0.254 e. The summed E-state index contributed by atoms with van der Waals surface area (Å²) >= 11 is 0. The molecule has 0 unspecified atom stereocenters. The predicted molar refractivity (Wildman–Crippen MR) is 158 cm³/mol. The van der Waals surface area contributed by atoms with Gasteiger partial charge in [0.1, 0.15) is 23.3 Å². The normalized spacial score (nSPS) is 12.2. The van der Waals surface area contributed by atoms with E-state index in [1.165, 1.54) is 45.5 Å². The largest absolute Gasteiger partial charge is 0.270 e. The van der Waals surface area contributed by atoms with Crippen LogP contribution in [0.25, 0.3) is 11.4 Å². The van der Waals surface area contributed by atoms with Crippen molar-refractivity contribution in [2.45, 2.75) is 81.9 Å². The second-order valence-corrected chi connectivity index (χ2v) is 14.3. The Hall–Kier alpha value is -3.52. The molecule has 0 atom stereocenters. The molecule has 232 valence electrons. The van der Waals surface area contributed by atoms with E-state index < -0.39 is 31.3 Å². The average molecular weight is 635 g/mol. The number of sulfone groups is 2. The molecule has 14 heteroatoms. The first kappa shape index (κ1) is 32.4.